The number of aromatic hydroxyl groups is 1. The number of phenols is 1. The summed E-state index contributed by atoms with van der Waals surface area (Å²) in [6.45, 7) is 0. The number of amides is 1. The van der Waals surface area contributed by atoms with Crippen molar-refractivity contribution in [2.75, 3.05) is 18.2 Å². The number of carbonyl (C=O) groups excluding carboxylic acids is 1. The Hall–Kier alpha value is -3.47. The summed E-state index contributed by atoms with van der Waals surface area (Å²) in [6, 6.07) is 19.1. The first kappa shape index (κ1) is 16.4. The summed E-state index contributed by atoms with van der Waals surface area (Å²) >= 11 is 0. The molecule has 0 aliphatic rings. The fraction of sp³-hybridized carbons (Fsp3) is 0.0500. The van der Waals surface area contributed by atoms with Gasteiger partial charge in [0.05, 0.1) is 18.5 Å². The van der Waals surface area contributed by atoms with E-state index in [1.165, 1.54) is 0 Å². The van der Waals surface area contributed by atoms with E-state index in [1.54, 1.807) is 61.7 Å². The van der Waals surface area contributed by atoms with Gasteiger partial charge in [0.25, 0.3) is 5.91 Å². The summed E-state index contributed by atoms with van der Waals surface area (Å²) in [5.41, 5.74) is 9.14. The smallest absolute Gasteiger partial charge is 0.255 e. The molecule has 0 fully saturated rings. The standard InChI is InChI=1S/C20H18N2O3/c1-25-17-8-5-13(6-9-17)20(24)22-19-12-15(7-10-18(19)21)14-3-2-4-16(23)11-14/h2-12,23H,21H2,1H3,(H,22,24). The third-order valence-electron chi connectivity index (χ3n) is 3.83. The minimum absolute atomic E-state index is 0.179. The SMILES string of the molecule is COc1ccc(C(=O)Nc2cc(-c3cccc(O)c3)ccc2N)cc1. The number of ether oxygens (including phenoxy) is 1. The second-order valence-electron chi connectivity index (χ2n) is 5.53. The highest BCUT2D eigenvalue weighted by Gasteiger charge is 2.10. The number of phenolic OH excluding ortho intramolecular Hbond substituents is 1. The van der Waals surface area contributed by atoms with Crippen molar-refractivity contribution >= 4 is 17.3 Å². The molecule has 3 aromatic rings. The van der Waals surface area contributed by atoms with Gasteiger partial charge < -0.3 is 20.9 Å². The number of nitrogens with two attached hydrogens (primary N) is 1. The quantitative estimate of drug-likeness (QED) is 0.632. The Labute approximate surface area is 145 Å². The van der Waals surface area contributed by atoms with Crippen LogP contribution in [0.25, 0.3) is 11.1 Å². The summed E-state index contributed by atoms with van der Waals surface area (Å²) in [5, 5.41) is 12.5. The van der Waals surface area contributed by atoms with Crippen molar-refractivity contribution in [1.82, 2.24) is 0 Å². The molecule has 0 aromatic heterocycles. The van der Waals surface area contributed by atoms with Gasteiger partial charge in [-0.05, 0) is 59.7 Å². The van der Waals surface area contributed by atoms with Gasteiger partial charge in [0, 0.05) is 5.56 Å². The summed E-state index contributed by atoms with van der Waals surface area (Å²) in [7, 11) is 1.57. The zero-order chi connectivity index (χ0) is 17.8. The first-order valence-electron chi connectivity index (χ1n) is 7.71. The second kappa shape index (κ2) is 6.97. The van der Waals surface area contributed by atoms with Crippen LogP contribution in [0.1, 0.15) is 10.4 Å². The number of hydrogen-bond donors (Lipinski definition) is 3. The molecule has 0 saturated heterocycles. The summed E-state index contributed by atoms with van der Waals surface area (Å²) in [5.74, 6) is 0.600. The third kappa shape index (κ3) is 3.72. The van der Waals surface area contributed by atoms with Gasteiger partial charge in [-0.15, -0.1) is 0 Å². The largest absolute Gasteiger partial charge is 0.508 e. The number of benzene rings is 3. The van der Waals surface area contributed by atoms with Gasteiger partial charge in [-0.2, -0.15) is 0 Å². The van der Waals surface area contributed by atoms with Crippen LogP contribution in [0.4, 0.5) is 11.4 Å². The fourth-order valence-electron chi connectivity index (χ4n) is 2.47. The molecule has 3 rings (SSSR count). The fourth-order valence-corrected chi connectivity index (χ4v) is 2.47. The summed E-state index contributed by atoms with van der Waals surface area (Å²) in [6.07, 6.45) is 0. The lowest BCUT2D eigenvalue weighted by Gasteiger charge is -2.11. The van der Waals surface area contributed by atoms with Gasteiger partial charge in [-0.1, -0.05) is 18.2 Å². The van der Waals surface area contributed by atoms with Gasteiger partial charge in [0.2, 0.25) is 0 Å². The lowest BCUT2D eigenvalue weighted by molar-refractivity contribution is 0.102. The van der Waals surface area contributed by atoms with Crippen LogP contribution < -0.4 is 15.8 Å². The van der Waals surface area contributed by atoms with Crippen LogP contribution in [0.3, 0.4) is 0 Å². The van der Waals surface area contributed by atoms with E-state index in [0.717, 1.165) is 11.1 Å². The van der Waals surface area contributed by atoms with E-state index >= 15 is 0 Å². The van der Waals surface area contributed by atoms with E-state index in [1.807, 2.05) is 12.1 Å². The van der Waals surface area contributed by atoms with Gasteiger partial charge in [0.1, 0.15) is 11.5 Å². The molecule has 3 aromatic carbocycles. The zero-order valence-electron chi connectivity index (χ0n) is 13.7. The Bertz CT molecular complexity index is 905. The number of methoxy groups -OCH3 is 1. The molecule has 1 amide bonds. The van der Waals surface area contributed by atoms with E-state index in [0.29, 0.717) is 22.7 Å². The minimum atomic E-state index is -0.262. The molecule has 0 unspecified atom stereocenters. The maximum absolute atomic E-state index is 12.4. The van der Waals surface area contributed by atoms with E-state index in [4.69, 9.17) is 10.5 Å². The van der Waals surface area contributed by atoms with E-state index in [-0.39, 0.29) is 11.7 Å². The number of rotatable bonds is 4. The Morgan fingerprint density at radius 3 is 2.40 bits per heavy atom. The number of carbonyl (C=O) groups is 1. The van der Waals surface area contributed by atoms with Crippen LogP contribution in [0.5, 0.6) is 11.5 Å². The van der Waals surface area contributed by atoms with Crippen LogP contribution in [-0.4, -0.2) is 18.1 Å². The van der Waals surface area contributed by atoms with Crippen molar-refractivity contribution < 1.29 is 14.6 Å². The Kier molecular flexibility index (Phi) is 4.57. The van der Waals surface area contributed by atoms with Crippen LogP contribution in [0.15, 0.2) is 66.7 Å². The van der Waals surface area contributed by atoms with Crippen molar-refractivity contribution in [3.05, 3.63) is 72.3 Å². The normalized spacial score (nSPS) is 10.3. The molecule has 0 radical (unpaired) electrons. The van der Waals surface area contributed by atoms with Crippen molar-refractivity contribution in [2.24, 2.45) is 0 Å². The van der Waals surface area contributed by atoms with Gasteiger partial charge in [-0.25, -0.2) is 0 Å². The molecule has 5 nitrogen and oxygen atoms in total. The second-order valence-corrected chi connectivity index (χ2v) is 5.53. The van der Waals surface area contributed by atoms with Crippen molar-refractivity contribution in [3.63, 3.8) is 0 Å². The highest BCUT2D eigenvalue weighted by molar-refractivity contribution is 6.06. The average molecular weight is 334 g/mol. The van der Waals surface area contributed by atoms with Crippen molar-refractivity contribution in [2.45, 2.75) is 0 Å². The number of anilines is 2. The number of nitrogens with one attached hydrogen (secondary N) is 1. The Morgan fingerprint density at radius 1 is 1.00 bits per heavy atom. The Morgan fingerprint density at radius 2 is 1.72 bits per heavy atom. The summed E-state index contributed by atoms with van der Waals surface area (Å²) < 4.78 is 5.09. The average Bonchev–Trinajstić information content (AvgIpc) is 2.63. The molecule has 25 heavy (non-hydrogen) atoms. The van der Waals surface area contributed by atoms with Crippen molar-refractivity contribution in [1.29, 1.82) is 0 Å². The van der Waals surface area contributed by atoms with Crippen LogP contribution in [0, 0.1) is 0 Å². The maximum Gasteiger partial charge on any atom is 0.255 e. The highest BCUT2D eigenvalue weighted by atomic mass is 16.5. The van der Waals surface area contributed by atoms with Crippen LogP contribution in [0.2, 0.25) is 0 Å². The lowest BCUT2D eigenvalue weighted by atomic mass is 10.0. The van der Waals surface area contributed by atoms with Gasteiger partial charge >= 0.3 is 0 Å². The highest BCUT2D eigenvalue weighted by Crippen LogP contribution is 2.29. The molecule has 0 atom stereocenters. The predicted octanol–water partition coefficient (Wildman–Crippen LogP) is 3.90. The van der Waals surface area contributed by atoms with Gasteiger partial charge in [-0.3, -0.25) is 4.79 Å². The molecule has 0 bridgehead atoms. The number of hydrogen-bond acceptors (Lipinski definition) is 4. The number of nitrogen functional groups attached to an aromatic ring is 1. The first-order valence-corrected chi connectivity index (χ1v) is 7.71. The molecule has 126 valence electrons. The van der Waals surface area contributed by atoms with E-state index < -0.39 is 0 Å². The topological polar surface area (TPSA) is 84.6 Å². The molecule has 5 heteroatoms. The molecule has 0 spiro atoms. The molecule has 0 heterocycles. The first-order chi connectivity index (χ1) is 12.1. The molecular formula is C20H18N2O3. The maximum atomic E-state index is 12.4. The lowest BCUT2D eigenvalue weighted by Crippen LogP contribution is -2.13. The molecule has 0 saturated carbocycles. The molecular weight excluding hydrogens is 316 g/mol. The van der Waals surface area contributed by atoms with Crippen LogP contribution in [-0.2, 0) is 0 Å². The third-order valence-corrected chi connectivity index (χ3v) is 3.83. The Balaban J connectivity index is 1.86. The zero-order valence-corrected chi connectivity index (χ0v) is 13.7. The van der Waals surface area contributed by atoms with Gasteiger partial charge in [0.15, 0.2) is 0 Å². The monoisotopic (exact) mass is 334 g/mol. The van der Waals surface area contributed by atoms with E-state index in [9.17, 15) is 9.90 Å². The van der Waals surface area contributed by atoms with Crippen LogP contribution >= 0.6 is 0 Å². The predicted molar refractivity (Wildman–Crippen MR) is 98.9 cm³/mol. The van der Waals surface area contributed by atoms with E-state index in [2.05, 4.69) is 5.32 Å². The minimum Gasteiger partial charge on any atom is -0.508 e. The summed E-state index contributed by atoms with van der Waals surface area (Å²) in [4.78, 5) is 12.4. The van der Waals surface area contributed by atoms with Crippen molar-refractivity contribution in [3.8, 4) is 22.6 Å². The molecule has 4 N–H and O–H groups in total. The molecule has 0 aliphatic carbocycles. The molecule has 0 aliphatic heterocycles.